The Morgan fingerprint density at radius 3 is 2.38 bits per heavy atom. The number of hydrazone groups is 1. The van der Waals surface area contributed by atoms with E-state index in [1.807, 2.05) is 6.21 Å². The van der Waals surface area contributed by atoms with Gasteiger partial charge in [0.05, 0.1) is 0 Å². The van der Waals surface area contributed by atoms with Gasteiger partial charge in [0.25, 0.3) is 0 Å². The predicted octanol–water partition coefficient (Wildman–Crippen LogP) is 2.87. The summed E-state index contributed by atoms with van der Waals surface area (Å²) in [5.74, 6) is 1.04. The maximum absolute atomic E-state index is 4.45. The lowest BCUT2D eigenvalue weighted by Gasteiger charge is -2.32. The fourth-order valence-electron chi connectivity index (χ4n) is 1.52. The summed E-state index contributed by atoms with van der Waals surface area (Å²) in [4.78, 5) is 0. The molecule has 74 valence electrons. The monoisotopic (exact) mass is 180 g/mol. The van der Waals surface area contributed by atoms with Crippen molar-refractivity contribution in [2.45, 2.75) is 40.7 Å². The van der Waals surface area contributed by atoms with Crippen molar-refractivity contribution in [2.75, 3.05) is 0 Å². The highest BCUT2D eigenvalue weighted by atomic mass is 15.5. The molecule has 0 bridgehead atoms. The van der Waals surface area contributed by atoms with Crippen molar-refractivity contribution in [3.8, 4) is 0 Å². The topological polar surface area (TPSA) is 15.6 Å². The SMILES string of the molecule is CC1C=NN(C(C)C)C(C(C)C)=C1. The van der Waals surface area contributed by atoms with Gasteiger partial charge in [-0.25, -0.2) is 0 Å². The highest BCUT2D eigenvalue weighted by Gasteiger charge is 2.18. The lowest BCUT2D eigenvalue weighted by atomic mass is 10.0. The molecule has 0 N–H and O–H groups in total. The Morgan fingerprint density at radius 2 is 1.92 bits per heavy atom. The third-order valence-corrected chi connectivity index (χ3v) is 2.21. The average Bonchev–Trinajstić information content (AvgIpc) is 2.03. The molecule has 1 atom stereocenters. The Balaban J connectivity index is 2.85. The number of allylic oxidation sites excluding steroid dienone is 2. The summed E-state index contributed by atoms with van der Waals surface area (Å²) in [7, 11) is 0. The summed E-state index contributed by atoms with van der Waals surface area (Å²) in [5, 5.41) is 6.57. The average molecular weight is 180 g/mol. The molecule has 0 aromatic heterocycles. The maximum Gasteiger partial charge on any atom is 0.0465 e. The van der Waals surface area contributed by atoms with Crippen molar-refractivity contribution in [3.63, 3.8) is 0 Å². The molecule has 0 amide bonds. The fourth-order valence-corrected chi connectivity index (χ4v) is 1.52. The number of hydrogen-bond acceptors (Lipinski definition) is 2. The van der Waals surface area contributed by atoms with E-state index in [9.17, 15) is 0 Å². The third kappa shape index (κ3) is 2.33. The molecule has 1 aliphatic heterocycles. The first-order valence-corrected chi connectivity index (χ1v) is 5.07. The van der Waals surface area contributed by atoms with Gasteiger partial charge in [0, 0.05) is 23.9 Å². The molecule has 1 rings (SSSR count). The second-order valence-electron chi connectivity index (χ2n) is 4.31. The van der Waals surface area contributed by atoms with E-state index in [-0.39, 0.29) is 0 Å². The van der Waals surface area contributed by atoms with Gasteiger partial charge in [-0.15, -0.1) is 0 Å². The number of rotatable bonds is 2. The van der Waals surface area contributed by atoms with E-state index in [2.05, 4.69) is 50.8 Å². The molecule has 0 radical (unpaired) electrons. The molecule has 1 heterocycles. The highest BCUT2D eigenvalue weighted by molar-refractivity contribution is 5.64. The van der Waals surface area contributed by atoms with Gasteiger partial charge in [-0.05, 0) is 19.8 Å². The van der Waals surface area contributed by atoms with Crippen LogP contribution in [0.25, 0.3) is 0 Å². The van der Waals surface area contributed by atoms with Gasteiger partial charge in [0.15, 0.2) is 0 Å². The van der Waals surface area contributed by atoms with Crippen LogP contribution in [0.3, 0.4) is 0 Å². The molecule has 2 nitrogen and oxygen atoms in total. The lowest BCUT2D eigenvalue weighted by molar-refractivity contribution is 0.264. The Hall–Kier alpha value is -0.790. The van der Waals surface area contributed by atoms with E-state index in [0.717, 1.165) is 0 Å². The fraction of sp³-hybridized carbons (Fsp3) is 0.727. The molecule has 0 saturated heterocycles. The molecule has 0 fully saturated rings. The van der Waals surface area contributed by atoms with E-state index in [1.54, 1.807) is 0 Å². The largest absolute Gasteiger partial charge is 0.268 e. The summed E-state index contributed by atoms with van der Waals surface area (Å²) >= 11 is 0. The van der Waals surface area contributed by atoms with Gasteiger partial charge < -0.3 is 0 Å². The first-order chi connectivity index (χ1) is 6.02. The van der Waals surface area contributed by atoms with Crippen LogP contribution in [0.5, 0.6) is 0 Å². The van der Waals surface area contributed by atoms with E-state index in [4.69, 9.17) is 0 Å². The van der Waals surface area contributed by atoms with Gasteiger partial charge in [-0.2, -0.15) is 5.10 Å². The number of nitrogens with zero attached hydrogens (tertiary/aromatic N) is 2. The van der Waals surface area contributed by atoms with Gasteiger partial charge in [-0.1, -0.05) is 26.8 Å². The van der Waals surface area contributed by atoms with Crippen LogP contribution in [0.15, 0.2) is 16.9 Å². The molecular weight excluding hydrogens is 160 g/mol. The van der Waals surface area contributed by atoms with Crippen LogP contribution in [-0.2, 0) is 0 Å². The van der Waals surface area contributed by atoms with Crippen molar-refractivity contribution in [1.29, 1.82) is 0 Å². The predicted molar refractivity (Wildman–Crippen MR) is 57.6 cm³/mol. The zero-order valence-corrected chi connectivity index (χ0v) is 9.28. The molecule has 1 unspecified atom stereocenters. The van der Waals surface area contributed by atoms with Crippen LogP contribution >= 0.6 is 0 Å². The van der Waals surface area contributed by atoms with Crippen molar-refractivity contribution in [3.05, 3.63) is 11.8 Å². The smallest absolute Gasteiger partial charge is 0.0465 e. The normalized spacial score (nSPS) is 22.8. The Bertz CT molecular complexity index is 226. The highest BCUT2D eigenvalue weighted by Crippen LogP contribution is 2.23. The van der Waals surface area contributed by atoms with E-state index in [0.29, 0.717) is 17.9 Å². The second kappa shape index (κ2) is 3.95. The molecule has 1 aliphatic rings. The Morgan fingerprint density at radius 1 is 1.31 bits per heavy atom. The minimum absolute atomic E-state index is 0.456. The van der Waals surface area contributed by atoms with Crippen LogP contribution in [0.4, 0.5) is 0 Å². The summed E-state index contributed by atoms with van der Waals surface area (Å²) in [5.41, 5.74) is 1.35. The van der Waals surface area contributed by atoms with Crippen LogP contribution in [0.1, 0.15) is 34.6 Å². The van der Waals surface area contributed by atoms with Gasteiger partial charge >= 0.3 is 0 Å². The quantitative estimate of drug-likeness (QED) is 0.638. The molecular formula is C11H20N2. The summed E-state index contributed by atoms with van der Waals surface area (Å²) in [6.07, 6.45) is 4.31. The van der Waals surface area contributed by atoms with Crippen LogP contribution in [0, 0.1) is 11.8 Å². The minimum Gasteiger partial charge on any atom is -0.268 e. The van der Waals surface area contributed by atoms with Gasteiger partial charge in [0.2, 0.25) is 0 Å². The minimum atomic E-state index is 0.456. The molecule has 0 aromatic carbocycles. The molecule has 2 heteroatoms. The van der Waals surface area contributed by atoms with Crippen LogP contribution in [-0.4, -0.2) is 17.3 Å². The number of hydrogen-bond donors (Lipinski definition) is 0. The lowest BCUT2D eigenvalue weighted by Crippen LogP contribution is -2.30. The van der Waals surface area contributed by atoms with Crippen molar-refractivity contribution >= 4 is 6.21 Å². The first-order valence-electron chi connectivity index (χ1n) is 5.07. The van der Waals surface area contributed by atoms with E-state index >= 15 is 0 Å². The molecule has 0 saturated carbocycles. The summed E-state index contributed by atoms with van der Waals surface area (Å²) in [6, 6.07) is 0.456. The Labute approximate surface area is 81.3 Å². The second-order valence-corrected chi connectivity index (χ2v) is 4.31. The Kier molecular flexibility index (Phi) is 3.12. The van der Waals surface area contributed by atoms with E-state index < -0.39 is 0 Å². The van der Waals surface area contributed by atoms with E-state index in [1.165, 1.54) is 5.70 Å². The molecule has 0 aromatic rings. The zero-order valence-electron chi connectivity index (χ0n) is 9.28. The summed E-state index contributed by atoms with van der Waals surface area (Å²) < 4.78 is 0. The molecule has 0 spiro atoms. The maximum atomic E-state index is 4.45. The van der Waals surface area contributed by atoms with Crippen LogP contribution < -0.4 is 0 Å². The van der Waals surface area contributed by atoms with Gasteiger partial charge in [-0.3, -0.25) is 5.01 Å². The van der Waals surface area contributed by atoms with Gasteiger partial charge in [0.1, 0.15) is 0 Å². The third-order valence-electron chi connectivity index (χ3n) is 2.21. The zero-order chi connectivity index (χ0) is 10.0. The van der Waals surface area contributed by atoms with Crippen molar-refractivity contribution in [1.82, 2.24) is 5.01 Å². The van der Waals surface area contributed by atoms with Crippen LogP contribution in [0.2, 0.25) is 0 Å². The van der Waals surface area contributed by atoms with Crippen molar-refractivity contribution in [2.24, 2.45) is 16.9 Å². The molecule has 0 aliphatic carbocycles. The molecule has 13 heavy (non-hydrogen) atoms. The standard InChI is InChI=1S/C11H20N2/c1-8(2)11-6-10(5)7-12-13(11)9(3)4/h6-10H,1-5H3. The first kappa shape index (κ1) is 10.3. The van der Waals surface area contributed by atoms with Crippen molar-refractivity contribution < 1.29 is 0 Å². The summed E-state index contributed by atoms with van der Waals surface area (Å²) in [6.45, 7) is 10.9.